The molecule has 2 N–H and O–H groups in total. The van der Waals surface area contributed by atoms with Gasteiger partial charge in [-0.3, -0.25) is 0 Å². The summed E-state index contributed by atoms with van der Waals surface area (Å²) < 4.78 is 5.97. The van der Waals surface area contributed by atoms with Gasteiger partial charge in [0, 0.05) is 24.5 Å². The summed E-state index contributed by atoms with van der Waals surface area (Å²) in [6.45, 7) is 2.66. The van der Waals surface area contributed by atoms with Crippen molar-refractivity contribution in [1.29, 1.82) is 0 Å². The highest BCUT2D eigenvalue weighted by Crippen LogP contribution is 2.39. The first-order valence-corrected chi connectivity index (χ1v) is 7.88. The molecule has 1 aromatic carbocycles. The van der Waals surface area contributed by atoms with E-state index in [1.54, 1.807) is 12.1 Å². The summed E-state index contributed by atoms with van der Waals surface area (Å²) in [4.78, 5) is 21.3. The molecule has 0 bridgehead atoms. The highest BCUT2D eigenvalue weighted by molar-refractivity contribution is 5.96. The average Bonchev–Trinajstić information content (AvgIpc) is 2.95. The van der Waals surface area contributed by atoms with Crippen molar-refractivity contribution in [2.75, 3.05) is 11.4 Å². The average molecular weight is 323 g/mol. The number of carboxylic acid groups (broad SMARTS) is 1. The molecule has 0 spiro atoms. The minimum atomic E-state index is -0.943. The fourth-order valence-electron chi connectivity index (χ4n) is 3.05. The van der Waals surface area contributed by atoms with Crippen LogP contribution in [0.1, 0.15) is 23.7 Å². The standard InChI is InChI=1S/C18H17N3O3/c1-11-7-9-21(14-5-3-2-4-13(14)18(22)23)15-10-12-6-8-19-16(12)20-17(15)24-11/h2-6,8,10-11H,7,9H2,1H3,(H,19,20)(H,22,23)/t11-/m1/s1. The highest BCUT2D eigenvalue weighted by Gasteiger charge is 2.26. The fraction of sp³-hybridized carbons (Fsp3) is 0.222. The summed E-state index contributed by atoms with van der Waals surface area (Å²) >= 11 is 0. The summed E-state index contributed by atoms with van der Waals surface area (Å²) in [5.41, 5.74) is 2.47. The molecule has 0 aliphatic carbocycles. The van der Waals surface area contributed by atoms with E-state index in [2.05, 4.69) is 9.97 Å². The number of aromatic amines is 1. The van der Waals surface area contributed by atoms with Crippen molar-refractivity contribution >= 4 is 28.4 Å². The Kier molecular flexibility index (Phi) is 3.37. The maximum atomic E-state index is 11.6. The number of carbonyl (C=O) groups is 1. The molecule has 2 aromatic heterocycles. The van der Waals surface area contributed by atoms with Crippen molar-refractivity contribution in [3.63, 3.8) is 0 Å². The number of carboxylic acids is 1. The van der Waals surface area contributed by atoms with E-state index in [1.165, 1.54) is 0 Å². The predicted molar refractivity (Wildman–Crippen MR) is 91.2 cm³/mol. The molecule has 6 nitrogen and oxygen atoms in total. The van der Waals surface area contributed by atoms with Crippen LogP contribution in [0.25, 0.3) is 11.0 Å². The number of pyridine rings is 1. The van der Waals surface area contributed by atoms with Crippen molar-refractivity contribution in [3.8, 4) is 5.88 Å². The zero-order chi connectivity index (χ0) is 16.7. The van der Waals surface area contributed by atoms with Gasteiger partial charge < -0.3 is 19.7 Å². The number of hydrogen-bond donors (Lipinski definition) is 2. The van der Waals surface area contributed by atoms with Crippen LogP contribution in [0.2, 0.25) is 0 Å². The molecular formula is C18H17N3O3. The molecule has 1 atom stereocenters. The molecule has 0 amide bonds. The predicted octanol–water partition coefficient (Wildman–Crippen LogP) is 3.57. The second kappa shape index (κ2) is 5.56. The zero-order valence-electron chi connectivity index (χ0n) is 13.2. The quantitative estimate of drug-likeness (QED) is 0.754. The number of fused-ring (bicyclic) bond motifs is 2. The van der Waals surface area contributed by atoms with Crippen LogP contribution >= 0.6 is 0 Å². The first kappa shape index (κ1) is 14.6. The number of aromatic nitrogens is 2. The van der Waals surface area contributed by atoms with Crippen LogP contribution in [-0.4, -0.2) is 33.7 Å². The lowest BCUT2D eigenvalue weighted by Gasteiger charge is -2.25. The maximum Gasteiger partial charge on any atom is 0.337 e. The maximum absolute atomic E-state index is 11.6. The third-order valence-corrected chi connectivity index (χ3v) is 4.27. The molecule has 0 unspecified atom stereocenters. The third-order valence-electron chi connectivity index (χ3n) is 4.27. The molecule has 3 aromatic rings. The summed E-state index contributed by atoms with van der Waals surface area (Å²) in [6.07, 6.45) is 2.61. The van der Waals surface area contributed by atoms with Crippen LogP contribution in [0.5, 0.6) is 5.88 Å². The lowest BCUT2D eigenvalue weighted by molar-refractivity contribution is 0.0697. The molecule has 0 saturated heterocycles. The van der Waals surface area contributed by atoms with Gasteiger partial charge in [-0.25, -0.2) is 4.79 Å². The molecule has 3 heterocycles. The second-order valence-electron chi connectivity index (χ2n) is 5.92. The Balaban J connectivity index is 1.92. The van der Waals surface area contributed by atoms with Gasteiger partial charge in [-0.05, 0) is 31.2 Å². The number of nitrogens with zero attached hydrogens (tertiary/aromatic N) is 2. The van der Waals surface area contributed by atoms with E-state index >= 15 is 0 Å². The minimum absolute atomic E-state index is 0.00523. The molecule has 24 heavy (non-hydrogen) atoms. The topological polar surface area (TPSA) is 78.5 Å². The number of H-pyrrole nitrogens is 1. The lowest BCUT2D eigenvalue weighted by atomic mass is 10.1. The van der Waals surface area contributed by atoms with Crippen LogP contribution < -0.4 is 9.64 Å². The van der Waals surface area contributed by atoms with Crippen LogP contribution in [-0.2, 0) is 0 Å². The first-order chi connectivity index (χ1) is 11.6. The van der Waals surface area contributed by atoms with E-state index in [9.17, 15) is 9.90 Å². The molecule has 0 radical (unpaired) electrons. The monoisotopic (exact) mass is 323 g/mol. The van der Waals surface area contributed by atoms with Gasteiger partial charge in [-0.15, -0.1) is 0 Å². The van der Waals surface area contributed by atoms with E-state index in [1.807, 2.05) is 42.3 Å². The van der Waals surface area contributed by atoms with E-state index in [0.29, 0.717) is 18.1 Å². The van der Waals surface area contributed by atoms with Crippen molar-refractivity contribution in [2.45, 2.75) is 19.4 Å². The Morgan fingerprint density at radius 2 is 2.17 bits per heavy atom. The second-order valence-corrected chi connectivity index (χ2v) is 5.92. The highest BCUT2D eigenvalue weighted by atomic mass is 16.5. The fourth-order valence-corrected chi connectivity index (χ4v) is 3.05. The van der Waals surface area contributed by atoms with Crippen molar-refractivity contribution < 1.29 is 14.6 Å². The van der Waals surface area contributed by atoms with Crippen molar-refractivity contribution in [1.82, 2.24) is 9.97 Å². The Hall–Kier alpha value is -3.02. The van der Waals surface area contributed by atoms with E-state index in [4.69, 9.17) is 4.74 Å². The molecule has 1 aliphatic rings. The minimum Gasteiger partial charge on any atom is -0.478 e. The summed E-state index contributed by atoms with van der Waals surface area (Å²) in [6, 6.07) is 11.0. The first-order valence-electron chi connectivity index (χ1n) is 7.88. The Labute approximate surface area is 138 Å². The molecule has 0 fully saturated rings. The van der Waals surface area contributed by atoms with Crippen LogP contribution in [0.15, 0.2) is 42.6 Å². The third kappa shape index (κ3) is 2.36. The molecule has 0 saturated carbocycles. The Morgan fingerprint density at radius 1 is 1.33 bits per heavy atom. The van der Waals surface area contributed by atoms with Gasteiger partial charge in [0.15, 0.2) is 0 Å². The molecule has 4 rings (SSSR count). The number of para-hydroxylation sites is 1. The smallest absolute Gasteiger partial charge is 0.337 e. The molecule has 6 heteroatoms. The van der Waals surface area contributed by atoms with Gasteiger partial charge in [0.1, 0.15) is 11.3 Å². The van der Waals surface area contributed by atoms with Gasteiger partial charge in [0.05, 0.1) is 17.4 Å². The largest absolute Gasteiger partial charge is 0.478 e. The summed E-state index contributed by atoms with van der Waals surface area (Å²) in [7, 11) is 0. The molecule has 122 valence electrons. The zero-order valence-corrected chi connectivity index (χ0v) is 13.2. The van der Waals surface area contributed by atoms with Gasteiger partial charge in [0.2, 0.25) is 5.88 Å². The van der Waals surface area contributed by atoms with Gasteiger partial charge in [0.25, 0.3) is 0 Å². The number of benzene rings is 1. The van der Waals surface area contributed by atoms with Gasteiger partial charge >= 0.3 is 5.97 Å². The van der Waals surface area contributed by atoms with Crippen LogP contribution in [0.4, 0.5) is 11.4 Å². The number of anilines is 2. The number of ether oxygens (including phenoxy) is 1. The molecular weight excluding hydrogens is 306 g/mol. The SMILES string of the molecule is C[C@@H]1CCN(c2ccccc2C(=O)O)c2cc3cc[nH]c3nc2O1. The van der Waals surface area contributed by atoms with E-state index < -0.39 is 5.97 Å². The van der Waals surface area contributed by atoms with Gasteiger partial charge in [-0.1, -0.05) is 12.1 Å². The summed E-state index contributed by atoms with van der Waals surface area (Å²) in [5, 5.41) is 10.5. The van der Waals surface area contributed by atoms with Crippen molar-refractivity contribution in [3.05, 3.63) is 48.2 Å². The number of hydrogen-bond acceptors (Lipinski definition) is 4. The molecule has 1 aliphatic heterocycles. The van der Waals surface area contributed by atoms with Crippen LogP contribution in [0.3, 0.4) is 0 Å². The lowest BCUT2D eigenvalue weighted by Crippen LogP contribution is -2.21. The Bertz CT molecular complexity index is 919. The number of rotatable bonds is 2. The van der Waals surface area contributed by atoms with E-state index in [-0.39, 0.29) is 11.7 Å². The summed E-state index contributed by atoms with van der Waals surface area (Å²) in [5.74, 6) is -0.420. The Morgan fingerprint density at radius 3 is 3.00 bits per heavy atom. The number of aromatic carboxylic acids is 1. The number of nitrogens with one attached hydrogen (secondary N) is 1. The van der Waals surface area contributed by atoms with Crippen molar-refractivity contribution in [2.24, 2.45) is 0 Å². The van der Waals surface area contributed by atoms with Crippen LogP contribution in [0, 0.1) is 0 Å². The van der Waals surface area contributed by atoms with Gasteiger partial charge in [-0.2, -0.15) is 4.98 Å². The van der Waals surface area contributed by atoms with E-state index in [0.717, 1.165) is 23.1 Å². The normalized spacial score (nSPS) is 17.2.